The van der Waals surface area contributed by atoms with E-state index in [0.29, 0.717) is 22.0 Å². The third-order valence-corrected chi connectivity index (χ3v) is 4.13. The monoisotopic (exact) mass is 338 g/mol. The maximum atomic E-state index is 12.3. The minimum atomic E-state index is -0.253. The zero-order chi connectivity index (χ0) is 17.3. The van der Waals surface area contributed by atoms with Gasteiger partial charge in [0.15, 0.2) is 0 Å². The molecule has 0 saturated carbocycles. The van der Waals surface area contributed by atoms with Crippen LogP contribution in [0.25, 0.3) is 10.9 Å². The van der Waals surface area contributed by atoms with Crippen LogP contribution in [0, 0.1) is 18.3 Å². The Morgan fingerprint density at radius 1 is 1.33 bits per heavy atom. The van der Waals surface area contributed by atoms with Crippen molar-refractivity contribution in [2.24, 2.45) is 0 Å². The molecule has 0 saturated heterocycles. The predicted octanol–water partition coefficient (Wildman–Crippen LogP) is 3.93. The highest BCUT2D eigenvalue weighted by Gasteiger charge is 2.12. The number of hydrogen-bond acceptors (Lipinski definition) is 4. The zero-order valence-corrected chi connectivity index (χ0v) is 14.0. The molecule has 0 aliphatic rings. The van der Waals surface area contributed by atoms with E-state index in [9.17, 15) is 4.79 Å². The van der Waals surface area contributed by atoms with Gasteiger partial charge in [-0.3, -0.25) is 4.79 Å². The fourth-order valence-corrected chi connectivity index (χ4v) is 2.75. The maximum absolute atomic E-state index is 12.3. The van der Waals surface area contributed by atoms with E-state index in [1.807, 2.05) is 26.0 Å². The minimum absolute atomic E-state index is 0.157. The second-order valence-electron chi connectivity index (χ2n) is 5.65. The normalized spacial score (nSPS) is 11.9. The van der Waals surface area contributed by atoms with Crippen molar-refractivity contribution >= 4 is 28.3 Å². The lowest BCUT2D eigenvalue weighted by molar-refractivity contribution is 0.856. The molecule has 3 aromatic rings. The topological polar surface area (TPSA) is 81.6 Å². The van der Waals surface area contributed by atoms with Gasteiger partial charge in [-0.15, -0.1) is 0 Å². The van der Waals surface area contributed by atoms with Crippen molar-refractivity contribution in [2.45, 2.75) is 19.9 Å². The van der Waals surface area contributed by atoms with Crippen LogP contribution < -0.4 is 10.9 Å². The maximum Gasteiger partial charge on any atom is 0.253 e. The standard InChI is InChI=1S/C18H15ClN4O/c1-10-5-17(21-9-13(10)8-20)22-11(2)15-7-12-6-14(19)3-4-16(12)23-18(15)24/h3-7,9,11H,1-2H3,(H,21,22)(H,23,24)/t11-/m0/s1. The Morgan fingerprint density at radius 3 is 2.83 bits per heavy atom. The first-order valence-corrected chi connectivity index (χ1v) is 7.81. The van der Waals surface area contributed by atoms with E-state index < -0.39 is 0 Å². The van der Waals surface area contributed by atoms with Gasteiger partial charge < -0.3 is 10.3 Å². The van der Waals surface area contributed by atoms with E-state index in [4.69, 9.17) is 16.9 Å². The van der Waals surface area contributed by atoms with E-state index in [0.717, 1.165) is 16.5 Å². The molecule has 120 valence electrons. The van der Waals surface area contributed by atoms with Gasteiger partial charge in [0.25, 0.3) is 5.56 Å². The van der Waals surface area contributed by atoms with E-state index in [2.05, 4.69) is 21.4 Å². The van der Waals surface area contributed by atoms with Crippen molar-refractivity contribution in [3.05, 3.63) is 68.6 Å². The molecular weight excluding hydrogens is 324 g/mol. The van der Waals surface area contributed by atoms with Crippen molar-refractivity contribution in [2.75, 3.05) is 5.32 Å². The fraction of sp³-hybridized carbons (Fsp3) is 0.167. The Bertz CT molecular complexity index is 1020. The van der Waals surface area contributed by atoms with Gasteiger partial charge >= 0.3 is 0 Å². The number of hydrogen-bond donors (Lipinski definition) is 2. The van der Waals surface area contributed by atoms with E-state index >= 15 is 0 Å². The molecule has 0 bridgehead atoms. The number of aryl methyl sites for hydroxylation is 1. The van der Waals surface area contributed by atoms with Crippen molar-refractivity contribution < 1.29 is 0 Å². The van der Waals surface area contributed by atoms with Gasteiger partial charge in [-0.1, -0.05) is 11.6 Å². The lowest BCUT2D eigenvalue weighted by atomic mass is 10.1. The summed E-state index contributed by atoms with van der Waals surface area (Å²) in [6, 6.07) is 10.8. The molecule has 2 N–H and O–H groups in total. The number of aromatic nitrogens is 2. The number of fused-ring (bicyclic) bond motifs is 1. The molecule has 0 radical (unpaired) electrons. The average molecular weight is 339 g/mol. The summed E-state index contributed by atoms with van der Waals surface area (Å²) in [6.07, 6.45) is 1.52. The Kier molecular flexibility index (Phi) is 4.24. The summed E-state index contributed by atoms with van der Waals surface area (Å²) in [7, 11) is 0. The van der Waals surface area contributed by atoms with Crippen molar-refractivity contribution in [1.82, 2.24) is 9.97 Å². The Morgan fingerprint density at radius 2 is 2.12 bits per heavy atom. The van der Waals surface area contributed by atoms with Crippen LogP contribution in [0.4, 0.5) is 5.82 Å². The molecular formula is C18H15ClN4O. The Balaban J connectivity index is 1.95. The van der Waals surface area contributed by atoms with Gasteiger partial charge in [-0.05, 0) is 49.7 Å². The van der Waals surface area contributed by atoms with Gasteiger partial charge in [0.2, 0.25) is 0 Å². The lowest BCUT2D eigenvalue weighted by Gasteiger charge is -2.15. The summed E-state index contributed by atoms with van der Waals surface area (Å²) >= 11 is 6.02. The molecule has 2 heterocycles. The molecule has 0 amide bonds. The molecule has 5 nitrogen and oxygen atoms in total. The van der Waals surface area contributed by atoms with Crippen molar-refractivity contribution in [3.8, 4) is 6.07 Å². The number of aromatic amines is 1. The lowest BCUT2D eigenvalue weighted by Crippen LogP contribution is -2.19. The van der Waals surface area contributed by atoms with Crippen LogP contribution in [0.2, 0.25) is 5.02 Å². The van der Waals surface area contributed by atoms with Crippen LogP contribution in [0.1, 0.15) is 29.7 Å². The summed E-state index contributed by atoms with van der Waals surface area (Å²) < 4.78 is 0. The van der Waals surface area contributed by atoms with E-state index in [-0.39, 0.29) is 11.6 Å². The zero-order valence-electron chi connectivity index (χ0n) is 13.2. The molecule has 24 heavy (non-hydrogen) atoms. The fourth-order valence-electron chi connectivity index (χ4n) is 2.57. The van der Waals surface area contributed by atoms with Gasteiger partial charge in [0, 0.05) is 27.7 Å². The SMILES string of the molecule is Cc1cc(N[C@@H](C)c2cc3cc(Cl)ccc3[nH]c2=O)ncc1C#N. The number of nitriles is 1. The van der Waals surface area contributed by atoms with Crippen molar-refractivity contribution in [1.29, 1.82) is 5.26 Å². The summed E-state index contributed by atoms with van der Waals surface area (Å²) in [5.74, 6) is 0.615. The highest BCUT2D eigenvalue weighted by Crippen LogP contribution is 2.22. The Labute approximate surface area is 143 Å². The second-order valence-corrected chi connectivity index (χ2v) is 6.08. The molecule has 0 fully saturated rings. The van der Waals surface area contributed by atoms with Crippen LogP contribution >= 0.6 is 11.6 Å². The van der Waals surface area contributed by atoms with E-state index in [1.54, 1.807) is 18.2 Å². The number of nitrogens with one attached hydrogen (secondary N) is 2. The number of halogens is 1. The molecule has 0 unspecified atom stereocenters. The van der Waals surface area contributed by atoms with Gasteiger partial charge in [-0.2, -0.15) is 5.26 Å². The van der Waals surface area contributed by atoms with Gasteiger partial charge in [0.05, 0.1) is 11.6 Å². The molecule has 0 aliphatic carbocycles. The number of benzene rings is 1. The first kappa shape index (κ1) is 16.0. The summed E-state index contributed by atoms with van der Waals surface area (Å²) in [5, 5.41) is 13.6. The number of H-pyrrole nitrogens is 1. The summed E-state index contributed by atoms with van der Waals surface area (Å²) in [5.41, 5.74) is 2.55. The number of anilines is 1. The molecule has 1 aromatic carbocycles. The van der Waals surface area contributed by atoms with Crippen molar-refractivity contribution in [3.63, 3.8) is 0 Å². The predicted molar refractivity (Wildman–Crippen MR) is 95.3 cm³/mol. The third-order valence-electron chi connectivity index (χ3n) is 3.90. The molecule has 2 aromatic heterocycles. The van der Waals surface area contributed by atoms with Crippen LogP contribution in [-0.2, 0) is 0 Å². The highest BCUT2D eigenvalue weighted by atomic mass is 35.5. The number of pyridine rings is 2. The smallest absolute Gasteiger partial charge is 0.253 e. The highest BCUT2D eigenvalue weighted by molar-refractivity contribution is 6.31. The van der Waals surface area contributed by atoms with Crippen LogP contribution in [0.5, 0.6) is 0 Å². The molecule has 3 rings (SSSR count). The number of rotatable bonds is 3. The second kappa shape index (κ2) is 6.34. The van der Waals surface area contributed by atoms with Gasteiger partial charge in [0.1, 0.15) is 11.9 Å². The molecule has 1 atom stereocenters. The first-order valence-electron chi connectivity index (χ1n) is 7.43. The van der Waals surface area contributed by atoms with E-state index in [1.165, 1.54) is 6.20 Å². The Hall–Kier alpha value is -2.84. The van der Waals surface area contributed by atoms with Crippen LogP contribution in [0.3, 0.4) is 0 Å². The van der Waals surface area contributed by atoms with Gasteiger partial charge in [-0.25, -0.2) is 4.98 Å². The average Bonchev–Trinajstić information content (AvgIpc) is 2.54. The molecule has 0 aliphatic heterocycles. The van der Waals surface area contributed by atoms with Crippen LogP contribution in [-0.4, -0.2) is 9.97 Å². The van der Waals surface area contributed by atoms with Crippen LogP contribution in [0.15, 0.2) is 41.3 Å². The summed E-state index contributed by atoms with van der Waals surface area (Å²) in [6.45, 7) is 3.73. The number of nitrogens with zero attached hydrogens (tertiary/aromatic N) is 2. The minimum Gasteiger partial charge on any atom is -0.363 e. The molecule has 0 spiro atoms. The first-order chi connectivity index (χ1) is 11.5. The largest absolute Gasteiger partial charge is 0.363 e. The summed E-state index contributed by atoms with van der Waals surface area (Å²) in [4.78, 5) is 19.4. The quantitative estimate of drug-likeness (QED) is 0.758. The third kappa shape index (κ3) is 3.10. The molecule has 6 heteroatoms.